The minimum Gasteiger partial charge on any atom is -0.329 e. The van der Waals surface area contributed by atoms with E-state index in [2.05, 4.69) is 0 Å². The minimum atomic E-state index is -0.416. The van der Waals surface area contributed by atoms with Gasteiger partial charge in [-0.05, 0) is 43.5 Å². The molecule has 1 aliphatic rings. The van der Waals surface area contributed by atoms with Gasteiger partial charge in [0.15, 0.2) is 5.78 Å². The highest BCUT2D eigenvalue weighted by molar-refractivity contribution is 6.01. The van der Waals surface area contributed by atoms with Gasteiger partial charge in [0.25, 0.3) is 0 Å². The van der Waals surface area contributed by atoms with Gasteiger partial charge in [-0.2, -0.15) is 0 Å². The third kappa shape index (κ3) is 1.76. The summed E-state index contributed by atoms with van der Waals surface area (Å²) >= 11 is 0. The van der Waals surface area contributed by atoms with E-state index in [1.807, 2.05) is 0 Å². The van der Waals surface area contributed by atoms with E-state index in [-0.39, 0.29) is 11.6 Å². The summed E-state index contributed by atoms with van der Waals surface area (Å²) in [5, 5.41) is 0. The van der Waals surface area contributed by atoms with Crippen molar-refractivity contribution in [2.24, 2.45) is 11.1 Å². The van der Waals surface area contributed by atoms with Gasteiger partial charge in [-0.25, -0.2) is 4.39 Å². The molecule has 0 spiro atoms. The Morgan fingerprint density at radius 1 is 1.44 bits per heavy atom. The molecule has 0 amide bonds. The van der Waals surface area contributed by atoms with Crippen LogP contribution in [0.25, 0.3) is 0 Å². The molecule has 16 heavy (non-hydrogen) atoms. The highest BCUT2D eigenvalue weighted by Gasteiger charge is 2.43. The smallest absolute Gasteiger partial charge is 0.170 e. The van der Waals surface area contributed by atoms with Gasteiger partial charge < -0.3 is 5.73 Å². The highest BCUT2D eigenvalue weighted by Crippen LogP contribution is 2.42. The number of benzene rings is 1. The maximum atomic E-state index is 13.2. The number of hydrogen-bond donors (Lipinski definition) is 1. The maximum Gasteiger partial charge on any atom is 0.170 e. The van der Waals surface area contributed by atoms with Crippen LogP contribution in [-0.2, 0) is 0 Å². The molecule has 1 aliphatic carbocycles. The lowest BCUT2D eigenvalue weighted by Gasteiger charge is -2.39. The lowest BCUT2D eigenvalue weighted by atomic mass is 9.64. The predicted octanol–water partition coefficient (Wildman–Crippen LogP) is 2.45. The molecule has 0 unspecified atom stereocenters. The first-order valence-electron chi connectivity index (χ1n) is 5.59. The standard InChI is InChI=1S/C13H16FNO/c1-9-5-10(7-11(14)6-9)12(16)13(8-15)3-2-4-13/h5-7H,2-4,8,15H2,1H3. The summed E-state index contributed by atoms with van der Waals surface area (Å²) in [5.74, 6) is -0.348. The second-order valence-corrected chi connectivity index (χ2v) is 4.68. The molecular weight excluding hydrogens is 205 g/mol. The molecule has 2 N–H and O–H groups in total. The summed E-state index contributed by atoms with van der Waals surface area (Å²) < 4.78 is 13.2. The Morgan fingerprint density at radius 3 is 2.56 bits per heavy atom. The molecule has 0 radical (unpaired) electrons. The van der Waals surface area contributed by atoms with Crippen LogP contribution in [0.15, 0.2) is 18.2 Å². The van der Waals surface area contributed by atoms with Gasteiger partial charge in [-0.15, -0.1) is 0 Å². The number of rotatable bonds is 3. The van der Waals surface area contributed by atoms with Crippen LogP contribution < -0.4 is 5.73 Å². The van der Waals surface area contributed by atoms with E-state index in [0.717, 1.165) is 24.8 Å². The first-order chi connectivity index (χ1) is 7.57. The Hall–Kier alpha value is -1.22. The molecule has 86 valence electrons. The third-order valence-electron chi connectivity index (χ3n) is 3.49. The van der Waals surface area contributed by atoms with Crippen molar-refractivity contribution in [2.45, 2.75) is 26.2 Å². The summed E-state index contributed by atoms with van der Waals surface area (Å²) in [7, 11) is 0. The van der Waals surface area contributed by atoms with E-state index >= 15 is 0 Å². The monoisotopic (exact) mass is 221 g/mol. The number of nitrogens with two attached hydrogens (primary N) is 1. The van der Waals surface area contributed by atoms with Crippen LogP contribution >= 0.6 is 0 Å². The van der Waals surface area contributed by atoms with Gasteiger partial charge in [-0.3, -0.25) is 4.79 Å². The molecule has 2 rings (SSSR count). The largest absolute Gasteiger partial charge is 0.329 e. The molecule has 3 heteroatoms. The lowest BCUT2D eigenvalue weighted by Crippen LogP contribution is -2.44. The van der Waals surface area contributed by atoms with Crippen molar-refractivity contribution in [3.63, 3.8) is 0 Å². The Kier molecular flexibility index (Phi) is 2.80. The van der Waals surface area contributed by atoms with Crippen molar-refractivity contribution in [3.05, 3.63) is 35.1 Å². The van der Waals surface area contributed by atoms with E-state index < -0.39 is 5.41 Å². The van der Waals surface area contributed by atoms with E-state index in [9.17, 15) is 9.18 Å². The van der Waals surface area contributed by atoms with Crippen molar-refractivity contribution >= 4 is 5.78 Å². The quantitative estimate of drug-likeness (QED) is 0.797. The van der Waals surface area contributed by atoms with Crippen LogP contribution in [-0.4, -0.2) is 12.3 Å². The van der Waals surface area contributed by atoms with Gasteiger partial charge in [0.05, 0.1) is 0 Å². The first kappa shape index (κ1) is 11.3. The van der Waals surface area contributed by atoms with Gasteiger partial charge in [0.1, 0.15) is 5.82 Å². The van der Waals surface area contributed by atoms with E-state index in [1.165, 1.54) is 12.1 Å². The second kappa shape index (κ2) is 3.98. The van der Waals surface area contributed by atoms with E-state index in [1.54, 1.807) is 13.0 Å². The molecular formula is C13H16FNO. The van der Waals surface area contributed by atoms with Crippen LogP contribution in [0.4, 0.5) is 4.39 Å². The fourth-order valence-electron chi connectivity index (χ4n) is 2.30. The van der Waals surface area contributed by atoms with Crippen molar-refractivity contribution in [1.82, 2.24) is 0 Å². The van der Waals surface area contributed by atoms with E-state index in [0.29, 0.717) is 12.1 Å². The number of halogens is 1. The highest BCUT2D eigenvalue weighted by atomic mass is 19.1. The maximum absolute atomic E-state index is 13.2. The van der Waals surface area contributed by atoms with Gasteiger partial charge in [0, 0.05) is 17.5 Å². The molecule has 1 saturated carbocycles. The molecule has 2 nitrogen and oxygen atoms in total. The normalized spacial score (nSPS) is 17.9. The van der Waals surface area contributed by atoms with E-state index in [4.69, 9.17) is 5.73 Å². The van der Waals surface area contributed by atoms with Crippen LogP contribution in [0.5, 0.6) is 0 Å². The summed E-state index contributed by atoms with van der Waals surface area (Å²) in [6.45, 7) is 2.15. The summed E-state index contributed by atoms with van der Waals surface area (Å²) in [5.41, 5.74) is 6.49. The Balaban J connectivity index is 2.33. The summed E-state index contributed by atoms with van der Waals surface area (Å²) in [6, 6.07) is 4.47. The fraction of sp³-hybridized carbons (Fsp3) is 0.462. The van der Waals surface area contributed by atoms with Gasteiger partial charge in [-0.1, -0.05) is 6.42 Å². The Morgan fingerprint density at radius 2 is 2.12 bits per heavy atom. The van der Waals surface area contributed by atoms with Crippen LogP contribution in [0.2, 0.25) is 0 Å². The molecule has 0 atom stereocenters. The minimum absolute atomic E-state index is 0.00356. The molecule has 1 fully saturated rings. The third-order valence-corrected chi connectivity index (χ3v) is 3.49. The summed E-state index contributed by atoms with van der Waals surface area (Å²) in [4.78, 5) is 12.2. The van der Waals surface area contributed by atoms with Crippen LogP contribution in [0, 0.1) is 18.2 Å². The fourth-order valence-corrected chi connectivity index (χ4v) is 2.30. The zero-order chi connectivity index (χ0) is 11.8. The molecule has 0 aromatic heterocycles. The zero-order valence-electron chi connectivity index (χ0n) is 9.42. The van der Waals surface area contributed by atoms with Crippen molar-refractivity contribution in [3.8, 4) is 0 Å². The second-order valence-electron chi connectivity index (χ2n) is 4.68. The number of hydrogen-bond acceptors (Lipinski definition) is 2. The van der Waals surface area contributed by atoms with Crippen molar-refractivity contribution in [2.75, 3.05) is 6.54 Å². The van der Waals surface area contributed by atoms with Crippen molar-refractivity contribution < 1.29 is 9.18 Å². The van der Waals surface area contributed by atoms with Gasteiger partial charge >= 0.3 is 0 Å². The Labute approximate surface area is 94.6 Å². The molecule has 0 bridgehead atoms. The number of carbonyl (C=O) groups excluding carboxylic acids is 1. The molecule has 0 heterocycles. The molecule has 0 aliphatic heterocycles. The van der Waals surface area contributed by atoms with Crippen LogP contribution in [0.3, 0.4) is 0 Å². The zero-order valence-corrected chi connectivity index (χ0v) is 9.42. The average molecular weight is 221 g/mol. The topological polar surface area (TPSA) is 43.1 Å². The number of Topliss-reactive ketones (excluding diaryl/α,β-unsaturated/α-hetero) is 1. The number of ketones is 1. The van der Waals surface area contributed by atoms with Crippen LogP contribution in [0.1, 0.15) is 35.2 Å². The molecule has 0 saturated heterocycles. The van der Waals surface area contributed by atoms with Gasteiger partial charge in [0.2, 0.25) is 0 Å². The predicted molar refractivity (Wildman–Crippen MR) is 60.8 cm³/mol. The lowest BCUT2D eigenvalue weighted by molar-refractivity contribution is 0.0635. The number of aryl methyl sites for hydroxylation is 1. The average Bonchev–Trinajstić information content (AvgIpc) is 2.15. The van der Waals surface area contributed by atoms with Crippen molar-refractivity contribution in [1.29, 1.82) is 0 Å². The SMILES string of the molecule is Cc1cc(F)cc(C(=O)C2(CN)CCC2)c1. The molecule has 1 aromatic rings. The summed E-state index contributed by atoms with van der Waals surface area (Å²) in [6.07, 6.45) is 2.70. The number of carbonyl (C=O) groups is 1. The molecule has 1 aromatic carbocycles. The Bertz CT molecular complexity index is 398. The first-order valence-corrected chi connectivity index (χ1v) is 5.59.